The molecule has 0 bridgehead atoms. The molecule has 0 amide bonds. The van der Waals surface area contributed by atoms with Crippen molar-refractivity contribution in [3.63, 3.8) is 0 Å². The second kappa shape index (κ2) is 6.73. The van der Waals surface area contributed by atoms with E-state index in [1.54, 1.807) is 4.57 Å². The van der Waals surface area contributed by atoms with Crippen molar-refractivity contribution < 1.29 is 23.8 Å². The Kier molecular flexibility index (Phi) is 4.25. The van der Waals surface area contributed by atoms with Crippen molar-refractivity contribution in [2.24, 2.45) is 17.6 Å². The minimum Gasteiger partial charge on any atom is -0.487 e. The number of ether oxygens (including phenoxy) is 2. The zero-order valence-corrected chi connectivity index (χ0v) is 16.4. The molecule has 4 atom stereocenters. The number of nitrogens with zero attached hydrogens (tertiary/aromatic N) is 2. The van der Waals surface area contributed by atoms with E-state index in [0.29, 0.717) is 30.0 Å². The number of carboxylic acid groups (broad SMARTS) is 1. The molecular weight excluding hydrogens is 393 g/mol. The summed E-state index contributed by atoms with van der Waals surface area (Å²) in [5, 5.41) is 8.97. The van der Waals surface area contributed by atoms with Gasteiger partial charge in [-0.3, -0.25) is 4.79 Å². The Hall–Kier alpha value is -3.07. The first-order chi connectivity index (χ1) is 14.3. The van der Waals surface area contributed by atoms with Crippen LogP contribution in [0.15, 0.2) is 29.2 Å². The summed E-state index contributed by atoms with van der Waals surface area (Å²) in [7, 11) is 0. The maximum absolute atomic E-state index is 15.3. The van der Waals surface area contributed by atoms with Gasteiger partial charge in [0.25, 0.3) is 0 Å². The lowest BCUT2D eigenvalue weighted by atomic mass is 9.83. The summed E-state index contributed by atoms with van der Waals surface area (Å²) in [6, 6.07) is 0.994. The molecule has 0 radical (unpaired) electrons. The molecular formula is C21H22FN3O5. The molecule has 0 spiro atoms. The number of nitrogens with two attached hydrogens (primary N) is 1. The molecule has 9 heteroatoms. The first-order valence-corrected chi connectivity index (χ1v) is 9.97. The predicted molar refractivity (Wildman–Crippen MR) is 108 cm³/mol. The van der Waals surface area contributed by atoms with Crippen molar-refractivity contribution in [2.45, 2.75) is 25.4 Å². The van der Waals surface area contributed by atoms with Crippen molar-refractivity contribution >= 4 is 22.7 Å². The van der Waals surface area contributed by atoms with Gasteiger partial charge < -0.3 is 29.8 Å². The van der Waals surface area contributed by atoms with E-state index >= 15 is 4.39 Å². The van der Waals surface area contributed by atoms with Gasteiger partial charge in [0, 0.05) is 25.0 Å². The highest BCUT2D eigenvalue weighted by Gasteiger charge is 2.39. The molecule has 1 fully saturated rings. The molecule has 1 aromatic heterocycles. The van der Waals surface area contributed by atoms with E-state index in [2.05, 4.69) is 16.9 Å². The van der Waals surface area contributed by atoms with Crippen LogP contribution >= 0.6 is 0 Å². The van der Waals surface area contributed by atoms with E-state index in [1.807, 2.05) is 11.8 Å². The third-order valence-electron chi connectivity index (χ3n) is 6.38. The fourth-order valence-corrected chi connectivity index (χ4v) is 4.93. The molecule has 5 rings (SSSR count). The third kappa shape index (κ3) is 2.76. The molecule has 1 aromatic carbocycles. The lowest BCUT2D eigenvalue weighted by Gasteiger charge is -2.31. The molecule has 1 aliphatic carbocycles. The number of fused-ring (bicyclic) bond motifs is 1. The van der Waals surface area contributed by atoms with Crippen molar-refractivity contribution in [2.75, 3.05) is 24.6 Å². The van der Waals surface area contributed by atoms with Gasteiger partial charge in [0.05, 0.1) is 23.1 Å². The Labute approximate surface area is 171 Å². The lowest BCUT2D eigenvalue weighted by molar-refractivity contribution is 0.143. The number of aromatic nitrogens is 1. The Morgan fingerprint density at radius 2 is 2.20 bits per heavy atom. The van der Waals surface area contributed by atoms with Crippen molar-refractivity contribution in [3.8, 4) is 11.5 Å². The molecule has 0 saturated carbocycles. The minimum atomic E-state index is -1.60. The molecule has 1 saturated heterocycles. The first-order valence-electron chi connectivity index (χ1n) is 9.97. The van der Waals surface area contributed by atoms with Crippen LogP contribution in [0.4, 0.5) is 14.9 Å². The highest BCUT2D eigenvalue weighted by Crippen LogP contribution is 2.45. The first kappa shape index (κ1) is 18.9. The third-order valence-corrected chi connectivity index (χ3v) is 6.38. The number of rotatable bonds is 2. The van der Waals surface area contributed by atoms with Crippen LogP contribution in [0, 0.1) is 17.7 Å². The van der Waals surface area contributed by atoms with Crippen molar-refractivity contribution in [1.82, 2.24) is 4.57 Å². The lowest BCUT2D eigenvalue weighted by Crippen LogP contribution is -2.36. The van der Waals surface area contributed by atoms with Gasteiger partial charge in [0.2, 0.25) is 5.43 Å². The van der Waals surface area contributed by atoms with Gasteiger partial charge in [-0.1, -0.05) is 12.2 Å². The van der Waals surface area contributed by atoms with E-state index in [0.717, 1.165) is 12.5 Å². The fourth-order valence-electron chi connectivity index (χ4n) is 4.93. The van der Waals surface area contributed by atoms with Gasteiger partial charge in [-0.2, -0.15) is 0 Å². The maximum Gasteiger partial charge on any atom is 0.511 e. The predicted octanol–water partition coefficient (Wildman–Crippen LogP) is 2.49. The molecule has 8 nitrogen and oxygen atoms in total. The normalized spacial score (nSPS) is 27.1. The molecule has 3 heterocycles. The number of halogens is 1. The summed E-state index contributed by atoms with van der Waals surface area (Å²) in [5.74, 6) is -0.164. The Balaban J connectivity index is 1.69. The van der Waals surface area contributed by atoms with Gasteiger partial charge in [0.1, 0.15) is 12.3 Å². The molecule has 3 aliphatic rings. The van der Waals surface area contributed by atoms with Crippen LogP contribution in [0.25, 0.3) is 10.9 Å². The molecule has 158 valence electrons. The second-order valence-electron chi connectivity index (χ2n) is 8.25. The van der Waals surface area contributed by atoms with E-state index in [1.165, 1.54) is 6.20 Å². The number of hydrogen-bond acceptors (Lipinski definition) is 6. The van der Waals surface area contributed by atoms with E-state index in [4.69, 9.17) is 15.6 Å². The zero-order valence-electron chi connectivity index (χ0n) is 16.4. The smallest absolute Gasteiger partial charge is 0.487 e. The van der Waals surface area contributed by atoms with Crippen molar-refractivity contribution in [3.05, 3.63) is 40.5 Å². The second-order valence-corrected chi connectivity index (χ2v) is 8.25. The van der Waals surface area contributed by atoms with Crippen LogP contribution in [0.2, 0.25) is 0 Å². The fraction of sp³-hybridized carbons (Fsp3) is 0.429. The largest absolute Gasteiger partial charge is 0.511 e. The summed E-state index contributed by atoms with van der Waals surface area (Å²) >= 11 is 0. The van der Waals surface area contributed by atoms with Gasteiger partial charge >= 0.3 is 6.16 Å². The standard InChI is InChI=1S/C21H22FN3O5/c1-10-9-29-20-17-12(19(26)16(8-25(10)17)30-21(27)28)5-14(22)18(20)24-6-11-3-2-4-15(23)13(11)7-24/h2-3,5,8,10-11,13,15H,4,6-7,9,23H2,1H3,(H,27,28). The number of carbonyl (C=O) groups is 1. The highest BCUT2D eigenvalue weighted by atomic mass is 19.1. The van der Waals surface area contributed by atoms with Crippen LogP contribution in [0.3, 0.4) is 0 Å². The maximum atomic E-state index is 15.3. The Bertz CT molecular complexity index is 1140. The van der Waals surface area contributed by atoms with Gasteiger partial charge in [0.15, 0.2) is 17.3 Å². The Morgan fingerprint density at radius 1 is 1.40 bits per heavy atom. The van der Waals surface area contributed by atoms with Gasteiger partial charge in [-0.05, 0) is 25.3 Å². The summed E-state index contributed by atoms with van der Waals surface area (Å²) in [6.07, 6.45) is 4.80. The van der Waals surface area contributed by atoms with E-state index in [9.17, 15) is 9.59 Å². The SMILES string of the molecule is CC1COc2c(N3CC4C=CCC(N)C4C3)c(F)cc3c(=O)c(OC(=O)O)cn1c23. The number of pyridine rings is 1. The molecule has 3 N–H and O–H groups in total. The number of hydrogen-bond donors (Lipinski definition) is 2. The van der Waals surface area contributed by atoms with E-state index in [-0.39, 0.29) is 41.7 Å². The van der Waals surface area contributed by atoms with Crippen molar-refractivity contribution in [1.29, 1.82) is 0 Å². The van der Waals surface area contributed by atoms with Crippen LogP contribution in [-0.2, 0) is 0 Å². The molecule has 30 heavy (non-hydrogen) atoms. The minimum absolute atomic E-state index is 0.0275. The zero-order chi connectivity index (χ0) is 21.2. The quantitative estimate of drug-likeness (QED) is 0.573. The van der Waals surface area contributed by atoms with E-state index < -0.39 is 17.4 Å². The van der Waals surface area contributed by atoms with Crippen LogP contribution in [0.1, 0.15) is 19.4 Å². The number of benzene rings is 1. The van der Waals surface area contributed by atoms with Gasteiger partial charge in [-0.15, -0.1) is 0 Å². The van der Waals surface area contributed by atoms with Crippen LogP contribution in [-0.4, -0.2) is 41.6 Å². The summed E-state index contributed by atoms with van der Waals surface area (Å²) in [5.41, 5.74) is 6.36. The average Bonchev–Trinajstić information content (AvgIpc) is 3.12. The van der Waals surface area contributed by atoms with Crippen LogP contribution < -0.4 is 25.5 Å². The van der Waals surface area contributed by atoms with Crippen LogP contribution in [0.5, 0.6) is 11.5 Å². The molecule has 2 aromatic rings. The average molecular weight is 415 g/mol. The highest BCUT2D eigenvalue weighted by molar-refractivity contribution is 5.93. The monoisotopic (exact) mass is 415 g/mol. The molecule has 4 unspecified atom stereocenters. The summed E-state index contributed by atoms with van der Waals surface area (Å²) in [6.45, 7) is 3.35. The van der Waals surface area contributed by atoms with Gasteiger partial charge in [-0.25, -0.2) is 9.18 Å². The topological polar surface area (TPSA) is 107 Å². The molecule has 2 aliphatic heterocycles. The summed E-state index contributed by atoms with van der Waals surface area (Å²) < 4.78 is 27.7. The number of anilines is 1. The Morgan fingerprint density at radius 3 is 2.93 bits per heavy atom. The summed E-state index contributed by atoms with van der Waals surface area (Å²) in [4.78, 5) is 25.7.